The molecule has 1 rings (SSSR count). The standard InChI is InChI=1S/C10H21N/c1-4-10(3)6-8-11(5-2)9-7-10/h4-9H2,1-3H3. The van der Waals surface area contributed by atoms with Crippen LogP contribution in [0.25, 0.3) is 0 Å². The number of hydrogen-bond acceptors (Lipinski definition) is 1. The predicted molar refractivity (Wildman–Crippen MR) is 49.7 cm³/mol. The summed E-state index contributed by atoms with van der Waals surface area (Å²) in [6.07, 6.45) is 4.15. The second kappa shape index (κ2) is 3.57. The minimum atomic E-state index is 0.658. The second-order valence-corrected chi connectivity index (χ2v) is 4.10. The van der Waals surface area contributed by atoms with E-state index in [0.29, 0.717) is 5.41 Å². The molecule has 66 valence electrons. The van der Waals surface area contributed by atoms with Gasteiger partial charge in [0.05, 0.1) is 0 Å². The third-order valence-electron chi connectivity index (χ3n) is 3.36. The molecule has 0 atom stereocenters. The third-order valence-corrected chi connectivity index (χ3v) is 3.36. The Morgan fingerprint density at radius 1 is 1.18 bits per heavy atom. The normalized spacial score (nSPS) is 25.4. The van der Waals surface area contributed by atoms with Gasteiger partial charge in [0.2, 0.25) is 0 Å². The number of hydrogen-bond donors (Lipinski definition) is 0. The molecule has 0 aromatic rings. The Kier molecular flexibility index (Phi) is 2.94. The van der Waals surface area contributed by atoms with Crippen LogP contribution < -0.4 is 0 Å². The van der Waals surface area contributed by atoms with Crippen LogP contribution >= 0.6 is 0 Å². The lowest BCUT2D eigenvalue weighted by Crippen LogP contribution is -2.38. The van der Waals surface area contributed by atoms with Crippen LogP contribution in [0.2, 0.25) is 0 Å². The van der Waals surface area contributed by atoms with Gasteiger partial charge >= 0.3 is 0 Å². The van der Waals surface area contributed by atoms with E-state index in [1.807, 2.05) is 0 Å². The van der Waals surface area contributed by atoms with E-state index in [4.69, 9.17) is 0 Å². The SMILES string of the molecule is CCN1CCC(C)(CC)CC1. The van der Waals surface area contributed by atoms with Crippen LogP contribution in [0.5, 0.6) is 0 Å². The fourth-order valence-corrected chi connectivity index (χ4v) is 1.76. The molecule has 0 aromatic carbocycles. The van der Waals surface area contributed by atoms with Crippen LogP contribution in [0, 0.1) is 5.41 Å². The van der Waals surface area contributed by atoms with Crippen LogP contribution in [-0.4, -0.2) is 24.5 Å². The highest BCUT2D eigenvalue weighted by molar-refractivity contribution is 4.80. The molecule has 1 aliphatic rings. The Hall–Kier alpha value is -0.0400. The van der Waals surface area contributed by atoms with E-state index in [9.17, 15) is 0 Å². The van der Waals surface area contributed by atoms with Crippen LogP contribution in [0.1, 0.15) is 40.0 Å². The lowest BCUT2D eigenvalue weighted by Gasteiger charge is -2.38. The predicted octanol–water partition coefficient (Wildman–Crippen LogP) is 2.52. The van der Waals surface area contributed by atoms with E-state index in [0.717, 1.165) is 0 Å². The van der Waals surface area contributed by atoms with Crippen LogP contribution in [0.4, 0.5) is 0 Å². The number of likely N-dealkylation sites (tertiary alicyclic amines) is 1. The van der Waals surface area contributed by atoms with Crippen molar-refractivity contribution in [2.45, 2.75) is 40.0 Å². The van der Waals surface area contributed by atoms with Crippen molar-refractivity contribution in [1.29, 1.82) is 0 Å². The van der Waals surface area contributed by atoms with Gasteiger partial charge in [-0.05, 0) is 37.9 Å². The highest BCUT2D eigenvalue weighted by atomic mass is 15.1. The first kappa shape index (κ1) is 9.05. The van der Waals surface area contributed by atoms with E-state index < -0.39 is 0 Å². The lowest BCUT2D eigenvalue weighted by molar-refractivity contribution is 0.119. The molecular weight excluding hydrogens is 134 g/mol. The molecule has 0 bridgehead atoms. The highest BCUT2D eigenvalue weighted by Gasteiger charge is 2.27. The lowest BCUT2D eigenvalue weighted by atomic mass is 9.78. The number of rotatable bonds is 2. The molecule has 11 heavy (non-hydrogen) atoms. The van der Waals surface area contributed by atoms with Gasteiger partial charge in [-0.2, -0.15) is 0 Å². The van der Waals surface area contributed by atoms with Gasteiger partial charge in [0.1, 0.15) is 0 Å². The molecule has 0 aliphatic carbocycles. The molecule has 1 heterocycles. The maximum atomic E-state index is 2.55. The molecule has 0 saturated carbocycles. The van der Waals surface area contributed by atoms with Crippen molar-refractivity contribution < 1.29 is 0 Å². The first-order chi connectivity index (χ1) is 5.20. The van der Waals surface area contributed by atoms with Gasteiger partial charge in [0.25, 0.3) is 0 Å². The molecular formula is C10H21N. The summed E-state index contributed by atoms with van der Waals surface area (Å²) < 4.78 is 0. The fourth-order valence-electron chi connectivity index (χ4n) is 1.76. The van der Waals surface area contributed by atoms with Crippen molar-refractivity contribution in [3.05, 3.63) is 0 Å². The van der Waals surface area contributed by atoms with Crippen molar-refractivity contribution >= 4 is 0 Å². The zero-order valence-electron chi connectivity index (χ0n) is 8.19. The minimum absolute atomic E-state index is 0.658. The molecule has 1 fully saturated rings. The summed E-state index contributed by atoms with van der Waals surface area (Å²) in [4.78, 5) is 2.55. The second-order valence-electron chi connectivity index (χ2n) is 4.10. The molecule has 0 radical (unpaired) electrons. The van der Waals surface area contributed by atoms with Crippen LogP contribution in [0.15, 0.2) is 0 Å². The van der Waals surface area contributed by atoms with Crippen molar-refractivity contribution in [2.24, 2.45) is 5.41 Å². The summed E-state index contributed by atoms with van der Waals surface area (Å²) in [6, 6.07) is 0. The fraction of sp³-hybridized carbons (Fsp3) is 1.00. The summed E-state index contributed by atoms with van der Waals surface area (Å²) in [5.74, 6) is 0. The van der Waals surface area contributed by atoms with Gasteiger partial charge in [-0.1, -0.05) is 27.2 Å². The largest absolute Gasteiger partial charge is 0.304 e. The van der Waals surface area contributed by atoms with E-state index in [1.54, 1.807) is 0 Å². The Bertz CT molecular complexity index is 112. The van der Waals surface area contributed by atoms with Crippen molar-refractivity contribution in [3.8, 4) is 0 Å². The van der Waals surface area contributed by atoms with E-state index >= 15 is 0 Å². The van der Waals surface area contributed by atoms with E-state index in [1.165, 1.54) is 38.9 Å². The van der Waals surface area contributed by atoms with Crippen LogP contribution in [0.3, 0.4) is 0 Å². The first-order valence-corrected chi connectivity index (χ1v) is 4.92. The number of piperidine rings is 1. The Morgan fingerprint density at radius 2 is 1.73 bits per heavy atom. The van der Waals surface area contributed by atoms with Gasteiger partial charge in [0, 0.05) is 0 Å². The van der Waals surface area contributed by atoms with Gasteiger partial charge in [-0.25, -0.2) is 0 Å². The molecule has 1 nitrogen and oxygen atoms in total. The maximum absolute atomic E-state index is 2.55. The number of nitrogens with zero attached hydrogens (tertiary/aromatic N) is 1. The summed E-state index contributed by atoms with van der Waals surface area (Å²) >= 11 is 0. The zero-order valence-corrected chi connectivity index (χ0v) is 8.19. The molecule has 0 unspecified atom stereocenters. The molecule has 0 N–H and O–H groups in total. The van der Waals surface area contributed by atoms with Crippen molar-refractivity contribution in [1.82, 2.24) is 4.90 Å². The van der Waals surface area contributed by atoms with Crippen LogP contribution in [-0.2, 0) is 0 Å². The quantitative estimate of drug-likeness (QED) is 0.592. The molecule has 0 spiro atoms. The molecule has 0 amide bonds. The average Bonchev–Trinajstić information content (AvgIpc) is 2.06. The van der Waals surface area contributed by atoms with E-state index in [2.05, 4.69) is 25.7 Å². The summed E-state index contributed by atoms with van der Waals surface area (Å²) in [6.45, 7) is 10.9. The third kappa shape index (κ3) is 2.19. The summed E-state index contributed by atoms with van der Waals surface area (Å²) in [5, 5.41) is 0. The van der Waals surface area contributed by atoms with Gasteiger partial charge in [-0.15, -0.1) is 0 Å². The van der Waals surface area contributed by atoms with Gasteiger partial charge < -0.3 is 4.90 Å². The monoisotopic (exact) mass is 155 g/mol. The Balaban J connectivity index is 2.35. The minimum Gasteiger partial charge on any atom is -0.304 e. The molecule has 1 aliphatic heterocycles. The van der Waals surface area contributed by atoms with Crippen molar-refractivity contribution in [3.63, 3.8) is 0 Å². The Morgan fingerprint density at radius 3 is 2.09 bits per heavy atom. The summed E-state index contributed by atoms with van der Waals surface area (Å²) in [7, 11) is 0. The van der Waals surface area contributed by atoms with Gasteiger partial charge in [0.15, 0.2) is 0 Å². The van der Waals surface area contributed by atoms with E-state index in [-0.39, 0.29) is 0 Å². The summed E-state index contributed by atoms with van der Waals surface area (Å²) in [5.41, 5.74) is 0.658. The zero-order chi connectivity index (χ0) is 8.32. The molecule has 0 aromatic heterocycles. The maximum Gasteiger partial charge on any atom is -0.00137 e. The topological polar surface area (TPSA) is 3.24 Å². The molecule has 1 saturated heterocycles. The Labute approximate surface area is 70.8 Å². The van der Waals surface area contributed by atoms with Gasteiger partial charge in [-0.3, -0.25) is 0 Å². The average molecular weight is 155 g/mol. The van der Waals surface area contributed by atoms with Crippen molar-refractivity contribution in [2.75, 3.05) is 19.6 Å². The smallest absolute Gasteiger partial charge is 0.00137 e. The molecule has 1 heteroatoms. The first-order valence-electron chi connectivity index (χ1n) is 4.92. The highest BCUT2D eigenvalue weighted by Crippen LogP contribution is 2.33.